The van der Waals surface area contributed by atoms with Crippen LogP contribution in [0.1, 0.15) is 43.4 Å². The van der Waals surface area contributed by atoms with Crippen LogP contribution in [-0.4, -0.2) is 30.8 Å². The summed E-state index contributed by atoms with van der Waals surface area (Å²) in [5, 5.41) is 3.05. The van der Waals surface area contributed by atoms with Gasteiger partial charge in [0.05, 0.1) is 12.0 Å². The first-order chi connectivity index (χ1) is 15.0. The highest BCUT2D eigenvalue weighted by atomic mass is 16.2. The van der Waals surface area contributed by atoms with Crippen LogP contribution in [-0.2, 0) is 20.8 Å². The molecule has 3 aliphatic rings. The molecular formula is C25H27N3O3. The Morgan fingerprint density at radius 1 is 1.06 bits per heavy atom. The highest BCUT2D eigenvalue weighted by Gasteiger charge is 2.38. The van der Waals surface area contributed by atoms with Gasteiger partial charge in [0, 0.05) is 36.8 Å². The Morgan fingerprint density at radius 2 is 1.84 bits per heavy atom. The average molecular weight is 418 g/mol. The molecule has 1 saturated heterocycles. The van der Waals surface area contributed by atoms with Crippen molar-refractivity contribution in [2.45, 2.75) is 38.6 Å². The monoisotopic (exact) mass is 417 g/mol. The summed E-state index contributed by atoms with van der Waals surface area (Å²) in [5.74, 6) is -0.0536. The van der Waals surface area contributed by atoms with Crippen molar-refractivity contribution in [1.29, 1.82) is 0 Å². The van der Waals surface area contributed by atoms with E-state index in [2.05, 4.69) is 5.32 Å². The number of benzene rings is 2. The summed E-state index contributed by atoms with van der Waals surface area (Å²) in [7, 11) is 0. The smallest absolute Gasteiger partial charge is 0.230 e. The standard InChI is InChI=1S/C25H27N3O3/c1-16(17-5-3-2-4-6-17)26-24(30)20-14-23(29)28(15-20)21-9-10-22-19(13-21)11-12-27(22)25(31)18-7-8-18/h2-6,9-10,13,16,18,20H,7-8,11-12,14-15H2,1H3,(H,26,30)/t16-,20+/m0/s1. The van der Waals surface area contributed by atoms with E-state index in [4.69, 9.17) is 0 Å². The highest BCUT2D eigenvalue weighted by molar-refractivity contribution is 6.02. The molecule has 6 heteroatoms. The Balaban J connectivity index is 1.26. The molecule has 0 unspecified atom stereocenters. The number of hydrogen-bond donors (Lipinski definition) is 1. The van der Waals surface area contributed by atoms with E-state index in [1.165, 1.54) is 0 Å². The number of nitrogens with one attached hydrogen (secondary N) is 1. The summed E-state index contributed by atoms with van der Waals surface area (Å²) in [5.41, 5.74) is 3.93. The van der Waals surface area contributed by atoms with Crippen LogP contribution in [0.3, 0.4) is 0 Å². The van der Waals surface area contributed by atoms with E-state index < -0.39 is 0 Å². The Hall–Kier alpha value is -3.15. The fourth-order valence-electron chi connectivity index (χ4n) is 4.62. The first-order valence-corrected chi connectivity index (χ1v) is 11.1. The molecule has 6 nitrogen and oxygen atoms in total. The molecule has 2 aromatic rings. The molecule has 5 rings (SSSR count). The Labute approximate surface area is 182 Å². The van der Waals surface area contributed by atoms with E-state index in [1.54, 1.807) is 4.90 Å². The molecule has 0 spiro atoms. The number of carbonyl (C=O) groups excluding carboxylic acids is 3. The first kappa shape index (κ1) is 19.8. The lowest BCUT2D eigenvalue weighted by Gasteiger charge is -2.21. The van der Waals surface area contributed by atoms with E-state index in [9.17, 15) is 14.4 Å². The first-order valence-electron chi connectivity index (χ1n) is 11.1. The minimum atomic E-state index is -0.361. The van der Waals surface area contributed by atoms with Gasteiger partial charge < -0.3 is 15.1 Å². The predicted octanol–water partition coefficient (Wildman–Crippen LogP) is 3.22. The third-order valence-corrected chi connectivity index (χ3v) is 6.62. The molecule has 2 aromatic carbocycles. The van der Waals surface area contributed by atoms with Crippen molar-refractivity contribution in [1.82, 2.24) is 5.32 Å². The third kappa shape index (κ3) is 3.82. The van der Waals surface area contributed by atoms with Gasteiger partial charge in [0.2, 0.25) is 17.7 Å². The van der Waals surface area contributed by atoms with Crippen LogP contribution < -0.4 is 15.1 Å². The molecule has 2 heterocycles. The lowest BCUT2D eigenvalue weighted by atomic mass is 10.1. The zero-order chi connectivity index (χ0) is 21.5. The average Bonchev–Trinajstić information content (AvgIpc) is 3.44. The summed E-state index contributed by atoms with van der Waals surface area (Å²) in [4.78, 5) is 41.6. The number of carbonyl (C=O) groups is 3. The van der Waals surface area contributed by atoms with Crippen LogP contribution in [0.25, 0.3) is 0 Å². The number of fused-ring (bicyclic) bond motifs is 1. The van der Waals surface area contributed by atoms with E-state index in [0.717, 1.165) is 41.8 Å². The van der Waals surface area contributed by atoms with Gasteiger partial charge >= 0.3 is 0 Å². The fraction of sp³-hybridized carbons (Fsp3) is 0.400. The zero-order valence-corrected chi connectivity index (χ0v) is 17.7. The van der Waals surface area contributed by atoms with Crippen LogP contribution in [0.5, 0.6) is 0 Å². The SMILES string of the molecule is C[C@H](NC(=O)[C@@H]1CC(=O)N(c2ccc3c(c2)CCN3C(=O)C2CC2)C1)c1ccccc1. The maximum absolute atomic E-state index is 12.8. The van der Waals surface area contributed by atoms with E-state index in [0.29, 0.717) is 13.1 Å². The van der Waals surface area contributed by atoms with E-state index in [-0.39, 0.29) is 42.0 Å². The van der Waals surface area contributed by atoms with Crippen molar-refractivity contribution in [3.8, 4) is 0 Å². The highest BCUT2D eigenvalue weighted by Crippen LogP contribution is 2.38. The summed E-state index contributed by atoms with van der Waals surface area (Å²) < 4.78 is 0. The lowest BCUT2D eigenvalue weighted by Crippen LogP contribution is -2.34. The largest absolute Gasteiger partial charge is 0.349 e. The van der Waals surface area contributed by atoms with Gasteiger partial charge in [-0.25, -0.2) is 0 Å². The van der Waals surface area contributed by atoms with Gasteiger partial charge in [-0.15, -0.1) is 0 Å². The zero-order valence-electron chi connectivity index (χ0n) is 17.7. The molecular weight excluding hydrogens is 390 g/mol. The van der Waals surface area contributed by atoms with Gasteiger partial charge in [0.15, 0.2) is 0 Å². The second-order valence-electron chi connectivity index (χ2n) is 8.87. The van der Waals surface area contributed by atoms with Crippen molar-refractivity contribution >= 4 is 29.1 Å². The Morgan fingerprint density at radius 3 is 2.58 bits per heavy atom. The number of rotatable bonds is 5. The van der Waals surface area contributed by atoms with Crippen molar-refractivity contribution in [3.63, 3.8) is 0 Å². The van der Waals surface area contributed by atoms with Crippen LogP contribution in [0.4, 0.5) is 11.4 Å². The third-order valence-electron chi connectivity index (χ3n) is 6.62. The second kappa shape index (κ2) is 7.84. The summed E-state index contributed by atoms with van der Waals surface area (Å²) >= 11 is 0. The molecule has 2 atom stereocenters. The molecule has 1 N–H and O–H groups in total. The minimum absolute atomic E-state index is 0.0311. The topological polar surface area (TPSA) is 69.7 Å². The number of hydrogen-bond acceptors (Lipinski definition) is 3. The lowest BCUT2D eigenvalue weighted by molar-refractivity contribution is -0.126. The molecule has 0 radical (unpaired) electrons. The van der Waals surface area contributed by atoms with Gasteiger partial charge in [-0.2, -0.15) is 0 Å². The molecule has 31 heavy (non-hydrogen) atoms. The van der Waals surface area contributed by atoms with Gasteiger partial charge in [0.1, 0.15) is 0 Å². The van der Waals surface area contributed by atoms with Crippen molar-refractivity contribution < 1.29 is 14.4 Å². The summed E-state index contributed by atoms with van der Waals surface area (Å²) in [6.45, 7) is 3.05. The van der Waals surface area contributed by atoms with Crippen molar-refractivity contribution in [2.75, 3.05) is 22.9 Å². The van der Waals surface area contributed by atoms with Crippen LogP contribution >= 0.6 is 0 Å². The van der Waals surface area contributed by atoms with Gasteiger partial charge in [0.25, 0.3) is 0 Å². The molecule has 1 aliphatic carbocycles. The molecule has 2 aliphatic heterocycles. The number of nitrogens with zero attached hydrogens (tertiary/aromatic N) is 2. The van der Waals surface area contributed by atoms with Crippen molar-refractivity contribution in [3.05, 3.63) is 59.7 Å². The Kier molecular flexibility index (Phi) is 5.00. The molecule has 3 amide bonds. The molecule has 1 saturated carbocycles. The van der Waals surface area contributed by atoms with Crippen LogP contribution in [0.2, 0.25) is 0 Å². The second-order valence-corrected chi connectivity index (χ2v) is 8.87. The maximum Gasteiger partial charge on any atom is 0.230 e. The van der Waals surface area contributed by atoms with Crippen LogP contribution in [0.15, 0.2) is 48.5 Å². The molecule has 0 aromatic heterocycles. The summed E-state index contributed by atoms with van der Waals surface area (Å²) in [6.07, 6.45) is 3.02. The van der Waals surface area contributed by atoms with Gasteiger partial charge in [-0.1, -0.05) is 30.3 Å². The predicted molar refractivity (Wildman–Crippen MR) is 119 cm³/mol. The molecule has 0 bridgehead atoms. The minimum Gasteiger partial charge on any atom is -0.349 e. The normalized spacial score (nSPS) is 21.2. The fourth-order valence-corrected chi connectivity index (χ4v) is 4.62. The number of amides is 3. The van der Waals surface area contributed by atoms with Crippen molar-refractivity contribution in [2.24, 2.45) is 11.8 Å². The van der Waals surface area contributed by atoms with Crippen LogP contribution in [0, 0.1) is 11.8 Å². The summed E-state index contributed by atoms with van der Waals surface area (Å²) in [6, 6.07) is 15.6. The molecule has 160 valence electrons. The van der Waals surface area contributed by atoms with Gasteiger partial charge in [-0.3, -0.25) is 14.4 Å². The quantitative estimate of drug-likeness (QED) is 0.812. The number of anilines is 2. The van der Waals surface area contributed by atoms with E-state index in [1.807, 2.05) is 60.4 Å². The Bertz CT molecular complexity index is 1030. The van der Waals surface area contributed by atoms with Gasteiger partial charge in [-0.05, 0) is 55.5 Å². The maximum atomic E-state index is 12.8. The molecule has 2 fully saturated rings. The van der Waals surface area contributed by atoms with E-state index >= 15 is 0 Å².